The number of halogens is 1. The van der Waals surface area contributed by atoms with Crippen LogP contribution in [0.2, 0.25) is 0 Å². The zero-order chi connectivity index (χ0) is 48.1. The van der Waals surface area contributed by atoms with Crippen LogP contribution in [0.4, 0.5) is 0 Å². The van der Waals surface area contributed by atoms with Crippen LogP contribution in [-0.2, 0) is 66.7 Å². The van der Waals surface area contributed by atoms with E-state index in [0.717, 1.165) is 96.3 Å². The summed E-state index contributed by atoms with van der Waals surface area (Å²) in [6.07, 6.45) is 21.1. The quantitative estimate of drug-likeness (QED) is 0.0243. The highest BCUT2D eigenvalue weighted by Gasteiger charge is 2.49. The molecule has 0 unspecified atom stereocenters. The molecule has 0 aliphatic heterocycles. The number of carbonyl (C=O) groups is 7. The molecule has 0 saturated carbocycles. The van der Waals surface area contributed by atoms with Crippen molar-refractivity contribution in [1.82, 2.24) is 0 Å². The molecule has 0 fully saturated rings. The van der Waals surface area contributed by atoms with E-state index < -0.39 is 42.3 Å². The van der Waals surface area contributed by atoms with Gasteiger partial charge in [-0.15, -0.1) is 0 Å². The predicted molar refractivity (Wildman–Crippen MR) is 253 cm³/mol. The summed E-state index contributed by atoms with van der Waals surface area (Å²) in [4.78, 5) is 89.8. The van der Waals surface area contributed by atoms with Crippen LogP contribution in [0.5, 0.6) is 0 Å². The molecule has 0 heterocycles. The van der Waals surface area contributed by atoms with Gasteiger partial charge in [0.1, 0.15) is 0 Å². The third-order valence-corrected chi connectivity index (χ3v) is 11.2. The van der Waals surface area contributed by atoms with Gasteiger partial charge in [0.25, 0.3) is 0 Å². The van der Waals surface area contributed by atoms with Crippen molar-refractivity contribution in [2.75, 3.05) is 45.0 Å². The maximum Gasteiger partial charge on any atom is 0.351 e. The SMILES string of the molecule is CCCCCCCC(=O)OCCCCCOC(=O)CC(CC(=O)OCCCCCOC(=O)CCCCCCC)(OC(=O)CCCCBr)C(=O)OCCCCCOC(=O)CCCCCCC. The van der Waals surface area contributed by atoms with Gasteiger partial charge in [0.15, 0.2) is 0 Å². The zero-order valence-corrected chi connectivity index (χ0v) is 42.3. The maximum atomic E-state index is 13.9. The van der Waals surface area contributed by atoms with E-state index in [1.54, 1.807) is 0 Å². The van der Waals surface area contributed by atoms with Crippen LogP contribution in [0.15, 0.2) is 0 Å². The van der Waals surface area contributed by atoms with Crippen LogP contribution in [0.1, 0.15) is 226 Å². The summed E-state index contributed by atoms with van der Waals surface area (Å²) in [5.41, 5.74) is -2.33. The topological polar surface area (TPSA) is 184 Å². The second kappa shape index (κ2) is 44.6. The molecular formula is C50H87BrO14. The molecule has 0 rings (SSSR count). The van der Waals surface area contributed by atoms with Crippen molar-refractivity contribution in [2.24, 2.45) is 0 Å². The molecule has 14 nitrogen and oxygen atoms in total. The first-order valence-corrected chi connectivity index (χ1v) is 26.4. The van der Waals surface area contributed by atoms with Crippen molar-refractivity contribution < 1.29 is 66.7 Å². The lowest BCUT2D eigenvalue weighted by Crippen LogP contribution is -2.48. The van der Waals surface area contributed by atoms with E-state index in [1.807, 2.05) is 0 Å². The normalized spacial score (nSPS) is 11.1. The van der Waals surface area contributed by atoms with Crippen molar-refractivity contribution in [2.45, 2.75) is 232 Å². The van der Waals surface area contributed by atoms with Gasteiger partial charge in [0.05, 0.1) is 52.5 Å². The molecule has 0 aromatic heterocycles. The minimum Gasteiger partial charge on any atom is -0.466 e. The summed E-state index contributed by atoms with van der Waals surface area (Å²) >= 11 is 3.34. The van der Waals surface area contributed by atoms with Crippen LogP contribution in [0, 0.1) is 0 Å². The van der Waals surface area contributed by atoms with E-state index in [-0.39, 0.29) is 64.0 Å². The monoisotopic (exact) mass is 991 g/mol. The lowest BCUT2D eigenvalue weighted by Gasteiger charge is -2.30. The molecule has 0 spiro atoms. The van der Waals surface area contributed by atoms with E-state index in [0.29, 0.717) is 95.2 Å². The molecule has 0 bridgehead atoms. The fraction of sp³-hybridized carbons (Fsp3) is 0.860. The van der Waals surface area contributed by atoms with E-state index in [1.165, 1.54) is 0 Å². The maximum absolute atomic E-state index is 13.9. The predicted octanol–water partition coefficient (Wildman–Crippen LogP) is 11.5. The first-order chi connectivity index (χ1) is 31.5. The van der Waals surface area contributed by atoms with Crippen LogP contribution < -0.4 is 0 Å². The van der Waals surface area contributed by atoms with Gasteiger partial charge in [0, 0.05) is 31.0 Å². The molecule has 0 aromatic rings. The van der Waals surface area contributed by atoms with Gasteiger partial charge in [-0.25, -0.2) is 4.79 Å². The van der Waals surface area contributed by atoms with Gasteiger partial charge in [-0.1, -0.05) is 114 Å². The lowest BCUT2D eigenvalue weighted by atomic mass is 9.94. The Labute approximate surface area is 399 Å². The molecular weight excluding hydrogens is 904 g/mol. The number of alkyl halides is 1. The average Bonchev–Trinajstić information content (AvgIpc) is 3.27. The van der Waals surface area contributed by atoms with Crippen molar-refractivity contribution >= 4 is 57.7 Å². The molecule has 0 saturated heterocycles. The Morgan fingerprint density at radius 2 is 0.600 bits per heavy atom. The first kappa shape index (κ1) is 61.8. The van der Waals surface area contributed by atoms with Gasteiger partial charge in [0.2, 0.25) is 5.60 Å². The zero-order valence-electron chi connectivity index (χ0n) is 40.7. The van der Waals surface area contributed by atoms with Gasteiger partial charge >= 0.3 is 41.8 Å². The summed E-state index contributed by atoms with van der Waals surface area (Å²) in [5.74, 6) is -4.23. The Balaban J connectivity index is 5.40. The summed E-state index contributed by atoms with van der Waals surface area (Å²) in [6.45, 7) is 7.09. The highest BCUT2D eigenvalue weighted by Crippen LogP contribution is 2.27. The number of esters is 7. The largest absolute Gasteiger partial charge is 0.466 e. The van der Waals surface area contributed by atoms with Crippen LogP contribution >= 0.6 is 15.9 Å². The van der Waals surface area contributed by atoms with Gasteiger partial charge in [-0.05, 0) is 89.9 Å². The number of ether oxygens (including phenoxy) is 7. The van der Waals surface area contributed by atoms with Crippen molar-refractivity contribution in [3.05, 3.63) is 0 Å². The second-order valence-corrected chi connectivity index (χ2v) is 17.7. The van der Waals surface area contributed by atoms with Gasteiger partial charge in [-0.2, -0.15) is 0 Å². The van der Waals surface area contributed by atoms with E-state index in [9.17, 15) is 33.6 Å². The fourth-order valence-electron chi connectivity index (χ4n) is 6.73. The standard InChI is InChI=1S/C50H87BrO14/c1-4-7-10-13-19-30-43(52)59-35-24-16-27-38-62-47(56)41-50(65-46(55)33-22-23-34-51,49(58)64-40-29-18-26-37-61-45(54)32-21-15-12-9-6-3)42-48(57)63-39-28-17-25-36-60-44(53)31-20-14-11-8-5-2/h4-42H2,1-3H3. The first-order valence-electron chi connectivity index (χ1n) is 25.3. The van der Waals surface area contributed by atoms with Crippen molar-refractivity contribution in [3.8, 4) is 0 Å². The summed E-state index contributed by atoms with van der Waals surface area (Å²) in [7, 11) is 0. The molecule has 65 heavy (non-hydrogen) atoms. The Morgan fingerprint density at radius 3 is 0.938 bits per heavy atom. The third kappa shape index (κ3) is 38.6. The molecule has 0 N–H and O–H groups in total. The Hall–Kier alpha value is -3.23. The highest BCUT2D eigenvalue weighted by atomic mass is 79.9. The summed E-state index contributed by atoms with van der Waals surface area (Å²) in [6, 6.07) is 0. The number of hydrogen-bond acceptors (Lipinski definition) is 14. The minimum atomic E-state index is -2.33. The molecule has 0 atom stereocenters. The Kier molecular flexibility index (Phi) is 42.4. The van der Waals surface area contributed by atoms with Gasteiger partial charge in [-0.3, -0.25) is 28.8 Å². The number of rotatable bonds is 46. The number of unbranched alkanes of at least 4 members (excludes halogenated alkanes) is 19. The molecule has 0 aliphatic carbocycles. The van der Waals surface area contributed by atoms with Gasteiger partial charge < -0.3 is 33.2 Å². The minimum absolute atomic E-state index is 0.00329. The molecule has 0 radical (unpaired) electrons. The Bertz CT molecular complexity index is 1200. The van der Waals surface area contributed by atoms with E-state index in [4.69, 9.17) is 33.2 Å². The van der Waals surface area contributed by atoms with Crippen LogP contribution in [0.3, 0.4) is 0 Å². The molecule has 0 amide bonds. The van der Waals surface area contributed by atoms with E-state index >= 15 is 0 Å². The molecule has 0 aromatic carbocycles. The molecule has 378 valence electrons. The van der Waals surface area contributed by atoms with Crippen LogP contribution in [-0.4, -0.2) is 92.4 Å². The van der Waals surface area contributed by atoms with Crippen LogP contribution in [0.25, 0.3) is 0 Å². The molecule has 0 aliphatic rings. The summed E-state index contributed by atoms with van der Waals surface area (Å²) < 4.78 is 38.2. The number of carbonyl (C=O) groups excluding carboxylic acids is 7. The lowest BCUT2D eigenvalue weighted by molar-refractivity contribution is -0.191. The van der Waals surface area contributed by atoms with Crippen molar-refractivity contribution in [3.63, 3.8) is 0 Å². The van der Waals surface area contributed by atoms with Crippen molar-refractivity contribution in [1.29, 1.82) is 0 Å². The highest BCUT2D eigenvalue weighted by molar-refractivity contribution is 9.09. The molecule has 15 heteroatoms. The Morgan fingerprint density at radius 1 is 0.323 bits per heavy atom. The smallest absolute Gasteiger partial charge is 0.351 e. The third-order valence-electron chi connectivity index (χ3n) is 10.7. The fourth-order valence-corrected chi connectivity index (χ4v) is 7.12. The second-order valence-electron chi connectivity index (χ2n) is 16.9. The number of hydrogen-bond donors (Lipinski definition) is 0. The average molecular weight is 992 g/mol. The summed E-state index contributed by atoms with van der Waals surface area (Å²) in [5, 5.41) is 0.646. The van der Waals surface area contributed by atoms with E-state index in [2.05, 4.69) is 36.7 Å².